The van der Waals surface area contributed by atoms with Crippen molar-refractivity contribution >= 4 is 29.5 Å². The Morgan fingerprint density at radius 3 is 1.10 bits per heavy atom. The van der Waals surface area contributed by atoms with Crippen LogP contribution in [0.15, 0.2) is 0 Å². The molecule has 0 saturated carbocycles. The van der Waals surface area contributed by atoms with Gasteiger partial charge in [-0.1, -0.05) is 13.8 Å². The molecule has 0 aliphatic carbocycles. The monoisotopic (exact) mass is 353 g/mol. The van der Waals surface area contributed by atoms with E-state index in [2.05, 4.69) is 0 Å². The molecule has 10 heteroatoms. The molecule has 9 nitrogen and oxygen atoms in total. The van der Waals surface area contributed by atoms with Crippen molar-refractivity contribution in [1.29, 1.82) is 0 Å². The fourth-order valence-electron chi connectivity index (χ4n) is 0.713. The summed E-state index contributed by atoms with van der Waals surface area (Å²) in [5.41, 5.74) is -3.81. The zero-order chi connectivity index (χ0) is 15.0. The van der Waals surface area contributed by atoms with Gasteiger partial charge in [-0.25, -0.2) is 0 Å². The van der Waals surface area contributed by atoms with Gasteiger partial charge in [0.1, 0.15) is 0 Å². The van der Waals surface area contributed by atoms with Gasteiger partial charge in [-0.05, 0) is 12.8 Å². The second kappa shape index (κ2) is 12.1. The number of aliphatic carboxylic acids is 2. The van der Waals surface area contributed by atoms with Gasteiger partial charge in [0.2, 0.25) is 0 Å². The van der Waals surface area contributed by atoms with Crippen molar-refractivity contribution in [3.63, 3.8) is 0 Å². The molecule has 4 radical (unpaired) electrons. The van der Waals surface area contributed by atoms with Crippen LogP contribution < -0.4 is 36.8 Å². The normalized spacial score (nSPS) is 15.1. The first kappa shape index (κ1) is 27.6. The minimum atomic E-state index is -1.90. The summed E-state index contributed by atoms with van der Waals surface area (Å²) in [6.07, 6.45) is -1.42. The van der Waals surface area contributed by atoms with E-state index in [0.717, 1.165) is 13.8 Å². The molecule has 0 aromatic carbocycles. The quantitative estimate of drug-likeness (QED) is 0.450. The van der Waals surface area contributed by atoms with Gasteiger partial charge in [0.05, 0.1) is 0 Å². The molecule has 0 heterocycles. The Hall–Kier alpha value is -0.717. The number of rotatable bonds is 6. The van der Waals surface area contributed by atoms with Crippen LogP contribution in [-0.4, -0.2) is 54.0 Å². The van der Waals surface area contributed by atoms with Gasteiger partial charge in [0, 0.05) is 29.5 Å². The Balaban J connectivity index is -0.000000116. The Bertz CT molecular complexity index is 254. The summed E-state index contributed by atoms with van der Waals surface area (Å²) in [5, 5.41) is 60.3. The van der Waals surface area contributed by atoms with Crippen molar-refractivity contribution in [2.75, 3.05) is 13.2 Å². The van der Waals surface area contributed by atoms with Crippen molar-refractivity contribution < 1.29 is 40.2 Å². The summed E-state index contributed by atoms with van der Waals surface area (Å²) in [6.45, 7) is 0.244. The third-order valence-electron chi connectivity index (χ3n) is 1.65. The molecule has 0 fully saturated rings. The van der Waals surface area contributed by atoms with Crippen molar-refractivity contribution in [2.45, 2.75) is 37.9 Å². The van der Waals surface area contributed by atoms with Crippen LogP contribution in [0.5, 0.6) is 0 Å². The van der Waals surface area contributed by atoms with Crippen LogP contribution in [0.3, 0.4) is 0 Å². The Morgan fingerprint density at radius 2 is 1.05 bits per heavy atom. The van der Waals surface area contributed by atoms with Crippen molar-refractivity contribution in [1.82, 2.24) is 6.15 Å². The number of hydrogen-bond donors (Lipinski definition) is 1. The van der Waals surface area contributed by atoms with Crippen LogP contribution in [0.2, 0.25) is 0 Å². The van der Waals surface area contributed by atoms with Crippen molar-refractivity contribution in [3.05, 3.63) is 0 Å². The van der Waals surface area contributed by atoms with E-state index in [-0.39, 0.29) is 23.7 Å². The molecular weight excluding hydrogens is 335 g/mol. The zero-order valence-corrected chi connectivity index (χ0v) is 13.4. The maximum Gasteiger partial charge on any atom is 0.0405 e. The minimum Gasteiger partial charge on any atom is -0.855 e. The molecular formula is C10H17GeNO8-6. The second-order valence-corrected chi connectivity index (χ2v) is 4.29. The molecule has 0 aromatic heterocycles. The van der Waals surface area contributed by atoms with E-state index in [0.29, 0.717) is 0 Å². The van der Waals surface area contributed by atoms with Gasteiger partial charge >= 0.3 is 0 Å². The smallest absolute Gasteiger partial charge is 0.0405 e. The molecule has 120 valence electrons. The first-order valence-electron chi connectivity index (χ1n) is 4.92. The molecule has 0 spiro atoms. The Kier molecular flexibility index (Phi) is 16.6. The molecule has 0 amide bonds. The standard InChI is InChI=1S/2C5H8O4.Ge.H3N/c2*1-5(9,3-6)2-4(7)8;;/h2*2-3H2,1H3,(H,7,8);;1H3/q2*-2;;/p-2. The van der Waals surface area contributed by atoms with Crippen molar-refractivity contribution in [2.24, 2.45) is 0 Å². The molecule has 0 aliphatic rings. The summed E-state index contributed by atoms with van der Waals surface area (Å²) in [7, 11) is 0. The fourth-order valence-corrected chi connectivity index (χ4v) is 0.713. The zero-order valence-electron chi connectivity index (χ0n) is 11.3. The molecule has 2 unspecified atom stereocenters. The Morgan fingerprint density at radius 1 is 0.850 bits per heavy atom. The minimum absolute atomic E-state index is 0. The van der Waals surface area contributed by atoms with E-state index >= 15 is 0 Å². The third-order valence-corrected chi connectivity index (χ3v) is 1.65. The number of carbonyl (C=O) groups excluding carboxylic acids is 2. The summed E-state index contributed by atoms with van der Waals surface area (Å²) < 4.78 is 0. The molecule has 2 atom stereocenters. The van der Waals surface area contributed by atoms with Gasteiger partial charge in [-0.15, -0.1) is 24.4 Å². The van der Waals surface area contributed by atoms with Crippen LogP contribution in [-0.2, 0) is 9.59 Å². The third kappa shape index (κ3) is 19.6. The van der Waals surface area contributed by atoms with E-state index in [1.165, 1.54) is 0 Å². The average molecular weight is 352 g/mol. The molecule has 0 aromatic rings. The summed E-state index contributed by atoms with van der Waals surface area (Å²) in [5.74, 6) is -2.94. The van der Waals surface area contributed by atoms with Gasteiger partial charge < -0.3 is 46.4 Å². The SMILES string of the molecule is CC([O-])(C[O-])CC(=O)[O-].CC([O-])(C[O-])CC(=O)[O-].N.[Ge]. The van der Waals surface area contributed by atoms with Crippen molar-refractivity contribution in [3.8, 4) is 0 Å². The predicted octanol–water partition coefficient (Wildman–Crippen LogP) is -7.01. The average Bonchev–Trinajstić information content (AvgIpc) is 2.15. The van der Waals surface area contributed by atoms with E-state index in [1.54, 1.807) is 0 Å². The van der Waals surface area contributed by atoms with Crippen LogP contribution in [0.4, 0.5) is 0 Å². The van der Waals surface area contributed by atoms with Crippen LogP contribution in [0, 0.1) is 0 Å². The van der Waals surface area contributed by atoms with E-state index in [4.69, 9.17) is 0 Å². The maximum atomic E-state index is 10.5. The molecule has 0 aliphatic heterocycles. The molecule has 0 bridgehead atoms. The number of carboxylic acid groups (broad SMARTS) is 2. The van der Waals surface area contributed by atoms with Crippen LogP contribution in [0.1, 0.15) is 26.7 Å². The summed E-state index contributed by atoms with van der Waals surface area (Å²) in [4.78, 5) is 19.4. The summed E-state index contributed by atoms with van der Waals surface area (Å²) >= 11 is 0. The maximum absolute atomic E-state index is 10.5. The first-order chi connectivity index (χ1) is 7.95. The number of hydrogen-bond acceptors (Lipinski definition) is 9. The van der Waals surface area contributed by atoms with E-state index in [9.17, 15) is 40.2 Å². The largest absolute Gasteiger partial charge is 0.855 e. The summed E-state index contributed by atoms with van der Waals surface area (Å²) in [6, 6.07) is 0. The molecule has 20 heavy (non-hydrogen) atoms. The fraction of sp³-hybridized carbons (Fsp3) is 0.800. The number of carboxylic acids is 2. The first-order valence-corrected chi connectivity index (χ1v) is 4.92. The van der Waals surface area contributed by atoms with Gasteiger partial charge in [-0.2, -0.15) is 0 Å². The van der Waals surface area contributed by atoms with Gasteiger partial charge in [0.15, 0.2) is 0 Å². The molecule has 0 rings (SSSR count). The Labute approximate surface area is 127 Å². The van der Waals surface area contributed by atoms with E-state index < -0.39 is 49.2 Å². The van der Waals surface area contributed by atoms with Gasteiger partial charge in [0.25, 0.3) is 0 Å². The molecule has 3 N–H and O–H groups in total. The van der Waals surface area contributed by atoms with Crippen LogP contribution in [0.25, 0.3) is 0 Å². The predicted molar refractivity (Wildman–Crippen MR) is 56.6 cm³/mol. The van der Waals surface area contributed by atoms with Gasteiger partial charge in [-0.3, -0.25) is 0 Å². The number of carbonyl (C=O) groups is 2. The van der Waals surface area contributed by atoms with Crippen LogP contribution >= 0.6 is 0 Å². The topological polar surface area (TPSA) is 208 Å². The van der Waals surface area contributed by atoms with E-state index in [1.807, 2.05) is 0 Å². The second-order valence-electron chi connectivity index (χ2n) is 4.29. The molecule has 0 saturated heterocycles.